The van der Waals surface area contributed by atoms with Crippen LogP contribution in [0.2, 0.25) is 0 Å². The number of hydrogen-bond acceptors (Lipinski definition) is 6. The number of aryl methyl sites for hydroxylation is 1. The molecule has 1 aromatic heterocycles. The lowest BCUT2D eigenvalue weighted by Gasteiger charge is -2.13. The minimum absolute atomic E-state index is 0.0711. The summed E-state index contributed by atoms with van der Waals surface area (Å²) >= 11 is 0. The quantitative estimate of drug-likeness (QED) is 0.668. The molecule has 29 heavy (non-hydrogen) atoms. The fraction of sp³-hybridized carbons (Fsp3) is 0.182. The predicted octanol–water partition coefficient (Wildman–Crippen LogP) is 4.40. The second-order valence-corrected chi connectivity index (χ2v) is 6.20. The van der Waals surface area contributed by atoms with Gasteiger partial charge in [-0.15, -0.1) is 0 Å². The number of hydrogen-bond donors (Lipinski definition) is 1. The minimum atomic E-state index is -0.481. The van der Waals surface area contributed by atoms with Gasteiger partial charge in [-0.3, -0.25) is 10.1 Å². The molecule has 0 aliphatic rings. The van der Waals surface area contributed by atoms with Gasteiger partial charge in [-0.05, 0) is 19.1 Å². The maximum atomic E-state index is 12.8. The highest BCUT2D eigenvalue weighted by Gasteiger charge is 2.20. The number of carbonyl (C=O) groups excluding carboxylic acids is 1. The van der Waals surface area contributed by atoms with E-state index in [-0.39, 0.29) is 17.0 Å². The number of rotatable bonds is 6. The van der Waals surface area contributed by atoms with Crippen molar-refractivity contribution in [2.75, 3.05) is 26.6 Å². The molecular weight excluding hydrogens is 372 g/mol. The highest BCUT2D eigenvalue weighted by Crippen LogP contribution is 2.38. The van der Waals surface area contributed by atoms with Gasteiger partial charge in [0.25, 0.3) is 5.91 Å². The molecule has 0 unspecified atom stereocenters. The van der Waals surface area contributed by atoms with Crippen LogP contribution >= 0.6 is 0 Å². The van der Waals surface area contributed by atoms with Gasteiger partial charge in [-0.2, -0.15) is 5.26 Å². The number of nitriles is 1. The Morgan fingerprint density at radius 1 is 1.00 bits per heavy atom. The van der Waals surface area contributed by atoms with Crippen LogP contribution in [0.5, 0.6) is 17.2 Å². The molecule has 2 aromatic carbocycles. The van der Waals surface area contributed by atoms with Crippen molar-refractivity contribution in [1.82, 2.24) is 0 Å². The van der Waals surface area contributed by atoms with Crippen molar-refractivity contribution in [1.29, 1.82) is 5.26 Å². The first-order chi connectivity index (χ1) is 14.0. The van der Waals surface area contributed by atoms with E-state index >= 15 is 0 Å². The maximum absolute atomic E-state index is 12.8. The van der Waals surface area contributed by atoms with Gasteiger partial charge >= 0.3 is 0 Å². The SMILES string of the molecule is COc1cc(C(=O)Nc2oc(-c3ccc(C)cc3)cc2C#N)cc(OC)c1OC. The summed E-state index contributed by atoms with van der Waals surface area (Å²) in [5, 5.41) is 12.1. The predicted molar refractivity (Wildman–Crippen MR) is 108 cm³/mol. The standard InChI is InChI=1S/C22H20N2O5/c1-13-5-7-14(8-6-13)17-11-16(12-23)22(29-17)24-21(25)15-9-18(26-2)20(28-4)19(10-15)27-3/h5-11H,1-4H3,(H,24,25). The van der Waals surface area contributed by atoms with Crippen molar-refractivity contribution in [2.24, 2.45) is 0 Å². The van der Waals surface area contributed by atoms with Crippen LogP contribution in [0.3, 0.4) is 0 Å². The second-order valence-electron chi connectivity index (χ2n) is 6.20. The summed E-state index contributed by atoms with van der Waals surface area (Å²) in [6.45, 7) is 1.98. The second kappa shape index (κ2) is 8.40. The number of methoxy groups -OCH3 is 3. The van der Waals surface area contributed by atoms with Crippen molar-refractivity contribution in [3.63, 3.8) is 0 Å². The van der Waals surface area contributed by atoms with Crippen LogP contribution < -0.4 is 19.5 Å². The molecule has 0 spiro atoms. The van der Waals surface area contributed by atoms with Gasteiger partial charge in [0.15, 0.2) is 11.5 Å². The van der Waals surface area contributed by atoms with Crippen LogP contribution in [0.25, 0.3) is 11.3 Å². The van der Waals surface area contributed by atoms with Crippen LogP contribution in [0.15, 0.2) is 46.9 Å². The third-order valence-corrected chi connectivity index (χ3v) is 4.34. The number of furan rings is 1. The van der Waals surface area contributed by atoms with Crippen LogP contribution in [0.1, 0.15) is 21.5 Å². The Hall–Kier alpha value is -3.92. The average molecular weight is 392 g/mol. The smallest absolute Gasteiger partial charge is 0.258 e. The molecule has 1 N–H and O–H groups in total. The summed E-state index contributed by atoms with van der Waals surface area (Å²) in [6.07, 6.45) is 0. The molecule has 7 nitrogen and oxygen atoms in total. The molecule has 0 saturated carbocycles. The Bertz CT molecular complexity index is 1050. The molecular formula is C22H20N2O5. The molecule has 1 heterocycles. The maximum Gasteiger partial charge on any atom is 0.258 e. The van der Waals surface area contributed by atoms with Gasteiger partial charge in [0.05, 0.1) is 21.3 Å². The molecule has 0 saturated heterocycles. The summed E-state index contributed by atoms with van der Waals surface area (Å²) in [7, 11) is 4.41. The molecule has 3 rings (SSSR count). The lowest BCUT2D eigenvalue weighted by molar-refractivity contribution is 0.102. The largest absolute Gasteiger partial charge is 0.493 e. The number of benzene rings is 2. The molecule has 0 atom stereocenters. The Balaban J connectivity index is 1.93. The fourth-order valence-corrected chi connectivity index (χ4v) is 2.81. The molecule has 0 fully saturated rings. The summed E-state index contributed by atoms with van der Waals surface area (Å²) < 4.78 is 21.6. The van der Waals surface area contributed by atoms with E-state index in [1.165, 1.54) is 33.5 Å². The fourth-order valence-electron chi connectivity index (χ4n) is 2.81. The molecule has 148 valence electrons. The van der Waals surface area contributed by atoms with Crippen LogP contribution in [-0.4, -0.2) is 27.2 Å². The number of carbonyl (C=O) groups is 1. The lowest BCUT2D eigenvalue weighted by atomic mass is 10.1. The monoisotopic (exact) mass is 392 g/mol. The van der Waals surface area contributed by atoms with E-state index in [1.54, 1.807) is 6.07 Å². The average Bonchev–Trinajstić information content (AvgIpc) is 3.15. The van der Waals surface area contributed by atoms with Crippen molar-refractivity contribution < 1.29 is 23.4 Å². The zero-order valence-electron chi connectivity index (χ0n) is 16.5. The lowest BCUT2D eigenvalue weighted by Crippen LogP contribution is -2.13. The molecule has 1 amide bonds. The van der Waals surface area contributed by atoms with Crippen LogP contribution in [0.4, 0.5) is 5.88 Å². The third-order valence-electron chi connectivity index (χ3n) is 4.34. The Morgan fingerprint density at radius 3 is 2.14 bits per heavy atom. The van der Waals surface area contributed by atoms with Crippen molar-refractivity contribution in [3.05, 3.63) is 59.2 Å². The molecule has 0 radical (unpaired) electrons. The van der Waals surface area contributed by atoms with E-state index in [2.05, 4.69) is 5.32 Å². The normalized spacial score (nSPS) is 10.2. The van der Waals surface area contributed by atoms with Gasteiger partial charge in [0.2, 0.25) is 11.6 Å². The summed E-state index contributed by atoms with van der Waals surface area (Å²) in [6, 6.07) is 14.3. The molecule has 7 heteroatoms. The minimum Gasteiger partial charge on any atom is -0.493 e. The van der Waals surface area contributed by atoms with Gasteiger partial charge in [0, 0.05) is 17.2 Å². The van der Waals surface area contributed by atoms with Crippen LogP contribution in [-0.2, 0) is 0 Å². The first kappa shape index (κ1) is 19.8. The van der Waals surface area contributed by atoms with Crippen molar-refractivity contribution in [2.45, 2.75) is 6.92 Å². The number of amides is 1. The first-order valence-electron chi connectivity index (χ1n) is 8.73. The number of nitrogens with zero attached hydrogens (tertiary/aromatic N) is 1. The van der Waals surface area contributed by atoms with E-state index in [9.17, 15) is 10.1 Å². The number of nitrogens with one attached hydrogen (secondary N) is 1. The Morgan fingerprint density at radius 2 is 1.62 bits per heavy atom. The number of anilines is 1. The first-order valence-corrected chi connectivity index (χ1v) is 8.73. The molecule has 3 aromatic rings. The Labute approximate surface area is 168 Å². The van der Waals surface area contributed by atoms with E-state index < -0.39 is 5.91 Å². The molecule has 0 aliphatic heterocycles. The topological polar surface area (TPSA) is 93.7 Å². The molecule has 0 bridgehead atoms. The van der Waals surface area contributed by atoms with Crippen LogP contribution in [0, 0.1) is 18.3 Å². The Kier molecular flexibility index (Phi) is 5.74. The van der Waals surface area contributed by atoms with Gasteiger partial charge < -0.3 is 18.6 Å². The highest BCUT2D eigenvalue weighted by atomic mass is 16.5. The zero-order chi connectivity index (χ0) is 21.0. The van der Waals surface area contributed by atoms with Crippen molar-refractivity contribution in [3.8, 4) is 34.6 Å². The summed E-state index contributed by atoms with van der Waals surface area (Å²) in [4.78, 5) is 12.8. The van der Waals surface area contributed by atoms with Gasteiger partial charge in [0.1, 0.15) is 17.4 Å². The van der Waals surface area contributed by atoms with Crippen molar-refractivity contribution >= 4 is 11.8 Å². The van der Waals surface area contributed by atoms with E-state index in [1.807, 2.05) is 37.3 Å². The third kappa shape index (κ3) is 4.01. The van der Waals surface area contributed by atoms with E-state index in [0.29, 0.717) is 23.0 Å². The highest BCUT2D eigenvalue weighted by molar-refractivity contribution is 6.05. The van der Waals surface area contributed by atoms with E-state index in [4.69, 9.17) is 18.6 Å². The summed E-state index contributed by atoms with van der Waals surface area (Å²) in [5.74, 6) is 1.15. The zero-order valence-corrected chi connectivity index (χ0v) is 16.5. The number of ether oxygens (including phenoxy) is 3. The summed E-state index contributed by atoms with van der Waals surface area (Å²) in [5.41, 5.74) is 2.40. The van der Waals surface area contributed by atoms with Gasteiger partial charge in [-0.1, -0.05) is 29.8 Å². The van der Waals surface area contributed by atoms with Gasteiger partial charge in [-0.25, -0.2) is 0 Å². The van der Waals surface area contributed by atoms with E-state index in [0.717, 1.165) is 11.1 Å². The molecule has 0 aliphatic carbocycles.